The van der Waals surface area contributed by atoms with Crippen LogP contribution in [0.25, 0.3) is 0 Å². The normalized spacial score (nSPS) is 11.7. The molecule has 0 aromatic carbocycles. The number of nitrogens with zero attached hydrogens (tertiary/aromatic N) is 3. The van der Waals surface area contributed by atoms with Gasteiger partial charge in [-0.05, 0) is 0 Å². The van der Waals surface area contributed by atoms with E-state index in [0.717, 1.165) is 0 Å². The van der Waals surface area contributed by atoms with Crippen molar-refractivity contribution in [2.75, 3.05) is 27.7 Å². The Labute approximate surface area is 69.5 Å². The van der Waals surface area contributed by atoms with E-state index >= 15 is 0 Å². The van der Waals surface area contributed by atoms with Crippen molar-refractivity contribution < 1.29 is 14.3 Å². The molecule has 0 fully saturated rings. The van der Waals surface area contributed by atoms with Gasteiger partial charge in [0.1, 0.15) is 9.85 Å². The van der Waals surface area contributed by atoms with Crippen LogP contribution in [0.2, 0.25) is 0 Å². The summed E-state index contributed by atoms with van der Waals surface area (Å²) >= 11 is 0. The molecule has 7 nitrogen and oxygen atoms in total. The Morgan fingerprint density at radius 1 is 1.17 bits per heavy atom. The molecule has 0 bridgehead atoms. The molecule has 0 aromatic rings. The summed E-state index contributed by atoms with van der Waals surface area (Å²) in [5.74, 6) is 0. The van der Waals surface area contributed by atoms with E-state index < -0.39 is 16.0 Å². The largest absolute Gasteiger partial charge is 0.496 e. The number of nitro groups is 2. The Hall–Kier alpha value is -1.24. The van der Waals surface area contributed by atoms with Gasteiger partial charge in [-0.25, -0.2) is 0 Å². The maximum absolute atomic E-state index is 10.2. The second-order valence-electron chi connectivity index (χ2n) is 3.52. The van der Waals surface area contributed by atoms with Gasteiger partial charge >= 0.3 is 6.17 Å². The van der Waals surface area contributed by atoms with Gasteiger partial charge in [0.05, 0.1) is 21.1 Å². The Morgan fingerprint density at radius 3 is 1.58 bits per heavy atom. The van der Waals surface area contributed by atoms with Crippen LogP contribution in [0.4, 0.5) is 0 Å². The fraction of sp³-hybridized carbons (Fsp3) is 1.00. The third kappa shape index (κ3) is 3.81. The van der Waals surface area contributed by atoms with Gasteiger partial charge in [0.2, 0.25) is 6.54 Å². The van der Waals surface area contributed by atoms with Crippen LogP contribution in [0.5, 0.6) is 0 Å². The topological polar surface area (TPSA) is 86.3 Å². The van der Waals surface area contributed by atoms with Gasteiger partial charge < -0.3 is 4.48 Å². The number of hydrogen-bond donors (Lipinski definition) is 0. The summed E-state index contributed by atoms with van der Waals surface area (Å²) in [6.45, 7) is -0.111. The van der Waals surface area contributed by atoms with Crippen LogP contribution in [0.1, 0.15) is 0 Å². The van der Waals surface area contributed by atoms with Gasteiger partial charge in [0.15, 0.2) is 0 Å². The number of hydrogen-bond acceptors (Lipinski definition) is 4. The second kappa shape index (κ2) is 3.44. The van der Waals surface area contributed by atoms with Crippen molar-refractivity contribution >= 4 is 0 Å². The Kier molecular flexibility index (Phi) is 3.08. The van der Waals surface area contributed by atoms with E-state index in [1.165, 1.54) is 0 Å². The summed E-state index contributed by atoms with van der Waals surface area (Å²) in [5, 5.41) is 20.3. The number of likely N-dealkylation sites (N-methyl/N-ethyl adjacent to an activating group) is 1. The van der Waals surface area contributed by atoms with Crippen molar-refractivity contribution in [1.82, 2.24) is 0 Å². The summed E-state index contributed by atoms with van der Waals surface area (Å²) in [6, 6.07) is 0. The molecule has 0 rings (SSSR count). The van der Waals surface area contributed by atoms with Crippen LogP contribution >= 0.6 is 0 Å². The van der Waals surface area contributed by atoms with Gasteiger partial charge in [-0.2, -0.15) is 0 Å². The zero-order chi connectivity index (χ0) is 9.94. The second-order valence-corrected chi connectivity index (χ2v) is 3.52. The van der Waals surface area contributed by atoms with Crippen molar-refractivity contribution in [1.29, 1.82) is 0 Å². The lowest BCUT2D eigenvalue weighted by atomic mass is 10.4. The SMILES string of the molecule is C[N+](C)(C)CC([N+](=O)[O-])[N+](=O)[O-]. The minimum atomic E-state index is -1.70. The summed E-state index contributed by atoms with van der Waals surface area (Å²) in [6.07, 6.45) is -1.70. The van der Waals surface area contributed by atoms with E-state index in [-0.39, 0.29) is 11.0 Å². The maximum Gasteiger partial charge on any atom is 0.496 e. The summed E-state index contributed by atoms with van der Waals surface area (Å²) in [4.78, 5) is 18.6. The molecule has 0 spiro atoms. The molecule has 7 heteroatoms. The first-order valence-corrected chi connectivity index (χ1v) is 3.31. The number of rotatable bonds is 4. The zero-order valence-electron chi connectivity index (χ0n) is 7.26. The van der Waals surface area contributed by atoms with Crippen LogP contribution in [0, 0.1) is 20.2 Å². The number of quaternary nitrogens is 1. The highest BCUT2D eigenvalue weighted by molar-refractivity contribution is 4.37. The molecule has 0 heterocycles. The predicted octanol–water partition coefficient (Wildman–Crippen LogP) is -0.428. The fourth-order valence-corrected chi connectivity index (χ4v) is 0.700. The minimum absolute atomic E-state index is 0.111. The Balaban J connectivity index is 4.35. The average Bonchev–Trinajstić information content (AvgIpc) is 1.79. The maximum atomic E-state index is 10.2. The molecule has 0 radical (unpaired) electrons. The van der Waals surface area contributed by atoms with Crippen LogP contribution in [-0.2, 0) is 0 Å². The van der Waals surface area contributed by atoms with E-state index in [0.29, 0.717) is 0 Å². The molecule has 0 unspecified atom stereocenters. The monoisotopic (exact) mass is 178 g/mol. The van der Waals surface area contributed by atoms with Crippen LogP contribution < -0.4 is 0 Å². The van der Waals surface area contributed by atoms with Crippen LogP contribution in [-0.4, -0.2) is 48.2 Å². The van der Waals surface area contributed by atoms with Crippen molar-refractivity contribution in [2.24, 2.45) is 0 Å². The van der Waals surface area contributed by atoms with E-state index in [1.54, 1.807) is 21.1 Å². The lowest BCUT2D eigenvalue weighted by molar-refractivity contribution is -0.910. The first kappa shape index (κ1) is 10.8. The molecule has 0 aliphatic rings. The first-order chi connectivity index (χ1) is 5.24. The van der Waals surface area contributed by atoms with E-state index in [2.05, 4.69) is 0 Å². The van der Waals surface area contributed by atoms with Crippen LogP contribution in [0.3, 0.4) is 0 Å². The highest BCUT2D eigenvalue weighted by Crippen LogP contribution is 1.99. The van der Waals surface area contributed by atoms with Gasteiger partial charge in [-0.3, -0.25) is 20.2 Å². The molecule has 70 valence electrons. The van der Waals surface area contributed by atoms with Gasteiger partial charge in [0, 0.05) is 0 Å². The lowest BCUT2D eigenvalue weighted by Gasteiger charge is -2.21. The molecule has 0 atom stereocenters. The molecule has 0 amide bonds. The summed E-state index contributed by atoms with van der Waals surface area (Å²) in [7, 11) is 5.00. The average molecular weight is 178 g/mol. The van der Waals surface area contributed by atoms with Gasteiger partial charge in [0.25, 0.3) is 0 Å². The van der Waals surface area contributed by atoms with Crippen molar-refractivity contribution in [3.05, 3.63) is 20.2 Å². The molecule has 0 aliphatic heterocycles. The highest BCUT2D eigenvalue weighted by atomic mass is 16.7. The van der Waals surface area contributed by atoms with Gasteiger partial charge in [-0.1, -0.05) is 0 Å². The van der Waals surface area contributed by atoms with E-state index in [4.69, 9.17) is 0 Å². The molecule has 0 aliphatic carbocycles. The molecular weight excluding hydrogens is 166 g/mol. The minimum Gasteiger partial charge on any atom is -0.319 e. The molecular formula is C5H12N3O4+. The van der Waals surface area contributed by atoms with Gasteiger partial charge in [-0.15, -0.1) is 0 Å². The van der Waals surface area contributed by atoms with Crippen molar-refractivity contribution in [2.45, 2.75) is 6.17 Å². The third-order valence-corrected chi connectivity index (χ3v) is 1.20. The molecule has 12 heavy (non-hydrogen) atoms. The Bertz CT molecular complexity index is 183. The van der Waals surface area contributed by atoms with E-state index in [9.17, 15) is 20.2 Å². The smallest absolute Gasteiger partial charge is 0.319 e. The van der Waals surface area contributed by atoms with Crippen molar-refractivity contribution in [3.8, 4) is 0 Å². The van der Waals surface area contributed by atoms with Crippen LogP contribution in [0.15, 0.2) is 0 Å². The molecule has 0 aromatic heterocycles. The molecule has 0 saturated carbocycles. The summed E-state index contributed by atoms with van der Waals surface area (Å²) in [5.41, 5.74) is 0. The predicted molar refractivity (Wildman–Crippen MR) is 40.7 cm³/mol. The van der Waals surface area contributed by atoms with Crippen molar-refractivity contribution in [3.63, 3.8) is 0 Å². The quantitative estimate of drug-likeness (QED) is 0.253. The fourth-order valence-electron chi connectivity index (χ4n) is 0.700. The lowest BCUT2D eigenvalue weighted by Crippen LogP contribution is -2.47. The molecule has 0 N–H and O–H groups in total. The Morgan fingerprint density at radius 2 is 1.50 bits per heavy atom. The standard InChI is InChI=1S/C5H12N3O4/c1-8(2,3)4-5(6(9)10)7(11)12/h5H,4H2,1-3H3/q+1. The molecule has 0 saturated heterocycles. The summed E-state index contributed by atoms with van der Waals surface area (Å²) < 4.78 is 0.201. The first-order valence-electron chi connectivity index (χ1n) is 3.31. The third-order valence-electron chi connectivity index (χ3n) is 1.20. The highest BCUT2D eigenvalue weighted by Gasteiger charge is 2.38. The van der Waals surface area contributed by atoms with E-state index in [1.807, 2.05) is 0 Å². The zero-order valence-corrected chi connectivity index (χ0v) is 7.26.